The molecule has 0 saturated carbocycles. The highest BCUT2D eigenvalue weighted by atomic mass is 19.4. The van der Waals surface area contributed by atoms with Crippen LogP contribution in [0.4, 0.5) is 30.5 Å². The van der Waals surface area contributed by atoms with Crippen molar-refractivity contribution in [3.05, 3.63) is 54.0 Å². The molecule has 39 heavy (non-hydrogen) atoms. The van der Waals surface area contributed by atoms with Crippen LogP contribution in [-0.2, 0) is 20.5 Å². The van der Waals surface area contributed by atoms with E-state index in [-0.39, 0.29) is 36.2 Å². The number of benzene rings is 1. The fourth-order valence-electron chi connectivity index (χ4n) is 4.25. The van der Waals surface area contributed by atoms with Crippen molar-refractivity contribution in [2.75, 3.05) is 29.1 Å². The average molecular weight is 545 g/mol. The summed E-state index contributed by atoms with van der Waals surface area (Å²) < 4.78 is 51.3. The molecule has 0 aliphatic carbocycles. The minimum absolute atomic E-state index is 0.0347. The number of anilines is 3. The van der Waals surface area contributed by atoms with Crippen molar-refractivity contribution in [2.45, 2.75) is 31.7 Å². The van der Waals surface area contributed by atoms with E-state index in [1.54, 1.807) is 13.0 Å². The highest BCUT2D eigenvalue weighted by Crippen LogP contribution is 2.31. The Morgan fingerprint density at radius 3 is 2.77 bits per heavy atom. The Balaban J connectivity index is 1.37. The van der Waals surface area contributed by atoms with E-state index in [1.807, 2.05) is 0 Å². The van der Waals surface area contributed by atoms with Crippen LogP contribution in [0.3, 0.4) is 0 Å². The predicted molar refractivity (Wildman–Crippen MR) is 131 cm³/mol. The molecule has 1 fully saturated rings. The number of aliphatic hydroxyl groups excluding tert-OH is 1. The van der Waals surface area contributed by atoms with Crippen LogP contribution in [-0.4, -0.2) is 61.7 Å². The number of alkyl halides is 3. The van der Waals surface area contributed by atoms with Gasteiger partial charge in [-0.15, -0.1) is 5.10 Å². The third-order valence-electron chi connectivity index (χ3n) is 6.35. The van der Waals surface area contributed by atoms with E-state index in [0.717, 1.165) is 12.3 Å². The molecule has 0 spiro atoms. The van der Waals surface area contributed by atoms with Gasteiger partial charge in [-0.1, -0.05) is 5.16 Å². The fourth-order valence-corrected chi connectivity index (χ4v) is 4.25. The zero-order chi connectivity index (χ0) is 28.1. The topological polar surface area (TPSA) is 162 Å². The van der Waals surface area contributed by atoms with Gasteiger partial charge in [-0.2, -0.15) is 13.2 Å². The van der Waals surface area contributed by atoms with E-state index in [4.69, 9.17) is 15.0 Å². The van der Waals surface area contributed by atoms with Crippen LogP contribution in [0.15, 0.2) is 47.1 Å². The van der Waals surface area contributed by atoms with E-state index in [0.29, 0.717) is 16.7 Å². The van der Waals surface area contributed by atoms with Crippen molar-refractivity contribution >= 4 is 40.1 Å². The molecular weight excluding hydrogens is 523 g/mol. The molecule has 4 aromatic rings. The fraction of sp³-hybridized carbons (Fsp3) is 0.292. The molecule has 12 nitrogen and oxygen atoms in total. The van der Waals surface area contributed by atoms with Crippen LogP contribution in [0.2, 0.25) is 0 Å². The quantitative estimate of drug-likeness (QED) is 0.342. The number of carbonyl (C=O) groups is 2. The number of aryl methyl sites for hydroxylation is 1. The number of morpholine rings is 1. The Labute approximate surface area is 218 Å². The summed E-state index contributed by atoms with van der Waals surface area (Å²) in [7, 11) is 0. The average Bonchev–Trinajstić information content (AvgIpc) is 3.46. The molecule has 2 atom stereocenters. The van der Waals surface area contributed by atoms with Gasteiger partial charge in [0.25, 0.3) is 11.8 Å². The van der Waals surface area contributed by atoms with Gasteiger partial charge in [0.1, 0.15) is 5.69 Å². The van der Waals surface area contributed by atoms with Gasteiger partial charge in [0.2, 0.25) is 0 Å². The maximum atomic E-state index is 13.5. The third kappa shape index (κ3) is 4.66. The van der Waals surface area contributed by atoms with Crippen molar-refractivity contribution in [3.8, 4) is 5.69 Å². The molecule has 1 aromatic carbocycles. The van der Waals surface area contributed by atoms with Gasteiger partial charge in [0.15, 0.2) is 28.9 Å². The number of amides is 2. The molecule has 5 rings (SSSR count). The number of nitrogens with two attached hydrogens (primary N) is 1. The number of halogens is 3. The van der Waals surface area contributed by atoms with Gasteiger partial charge < -0.3 is 25.4 Å². The first-order valence-corrected chi connectivity index (χ1v) is 11.6. The van der Waals surface area contributed by atoms with Crippen LogP contribution in [0.25, 0.3) is 16.7 Å². The van der Waals surface area contributed by atoms with Crippen molar-refractivity contribution in [1.29, 1.82) is 0 Å². The van der Waals surface area contributed by atoms with E-state index < -0.39 is 35.4 Å². The Morgan fingerprint density at radius 2 is 2.03 bits per heavy atom. The SMILES string of the molecule is Cc1cc(N2CCO[C@](C)([C@@H](O)C(=O)Nc3ccc4c(N)noc4c3)C2=O)nn1-c1ccnc(C(F)(F)F)c1. The summed E-state index contributed by atoms with van der Waals surface area (Å²) in [6.45, 7) is 2.87. The van der Waals surface area contributed by atoms with Crippen LogP contribution >= 0.6 is 0 Å². The second kappa shape index (κ2) is 9.36. The molecule has 1 aliphatic rings. The molecule has 4 N–H and O–H groups in total. The van der Waals surface area contributed by atoms with Crippen LogP contribution in [0.5, 0.6) is 0 Å². The summed E-state index contributed by atoms with van der Waals surface area (Å²) in [4.78, 5) is 30.9. The standard InChI is InChI=1S/C24H22F3N7O5/c1-12-9-18(31-34(12)14-5-6-29-17(11-14)24(25,26)27)33-7-8-38-23(2,22(33)37)19(35)21(36)30-13-3-4-15-16(10-13)39-32-20(15)28/h3-6,9-11,19,35H,7-8H2,1-2H3,(H2,28,32)(H,30,36)/t19-,23+/m0/s1. The van der Waals surface area contributed by atoms with Gasteiger partial charge in [-0.05, 0) is 38.1 Å². The number of hydrogen-bond donors (Lipinski definition) is 3. The minimum Gasteiger partial charge on any atom is -0.380 e. The summed E-state index contributed by atoms with van der Waals surface area (Å²) in [6, 6.07) is 8.25. The highest BCUT2D eigenvalue weighted by molar-refractivity contribution is 6.06. The zero-order valence-corrected chi connectivity index (χ0v) is 20.6. The minimum atomic E-state index is -4.65. The Bertz CT molecular complexity index is 1580. The number of pyridine rings is 1. The van der Waals surface area contributed by atoms with E-state index in [9.17, 15) is 27.9 Å². The number of aromatic nitrogens is 4. The Hall–Kier alpha value is -4.50. The van der Waals surface area contributed by atoms with Crippen LogP contribution < -0.4 is 16.0 Å². The number of nitrogen functional groups attached to an aromatic ring is 1. The number of carbonyl (C=O) groups excluding carboxylic acids is 2. The van der Waals surface area contributed by atoms with E-state index >= 15 is 0 Å². The molecule has 0 radical (unpaired) electrons. The van der Waals surface area contributed by atoms with Gasteiger partial charge >= 0.3 is 6.18 Å². The normalized spacial score (nSPS) is 18.9. The first-order chi connectivity index (χ1) is 18.4. The van der Waals surface area contributed by atoms with Gasteiger partial charge in [0.05, 0.1) is 24.2 Å². The van der Waals surface area contributed by atoms with E-state index in [1.165, 1.54) is 40.8 Å². The number of nitrogens with one attached hydrogen (secondary N) is 1. The molecule has 4 heterocycles. The summed E-state index contributed by atoms with van der Waals surface area (Å²) in [5.41, 5.74) is 3.71. The highest BCUT2D eigenvalue weighted by Gasteiger charge is 2.51. The second-order valence-electron chi connectivity index (χ2n) is 9.04. The Morgan fingerprint density at radius 1 is 1.26 bits per heavy atom. The Kier molecular flexibility index (Phi) is 6.27. The van der Waals surface area contributed by atoms with Crippen molar-refractivity contribution in [2.24, 2.45) is 0 Å². The molecule has 1 saturated heterocycles. The molecule has 0 unspecified atom stereocenters. The van der Waals surface area contributed by atoms with E-state index in [2.05, 4.69) is 20.6 Å². The number of nitrogens with zero attached hydrogens (tertiary/aromatic N) is 5. The maximum absolute atomic E-state index is 13.5. The number of ether oxygens (including phenoxy) is 1. The lowest BCUT2D eigenvalue weighted by molar-refractivity contribution is -0.170. The first-order valence-electron chi connectivity index (χ1n) is 11.6. The van der Waals surface area contributed by atoms with Crippen molar-refractivity contribution in [1.82, 2.24) is 19.9 Å². The molecular formula is C24H22F3N7O5. The lowest BCUT2D eigenvalue weighted by atomic mass is 9.94. The summed E-state index contributed by atoms with van der Waals surface area (Å²) in [5.74, 6) is -1.39. The monoisotopic (exact) mass is 545 g/mol. The summed E-state index contributed by atoms with van der Waals surface area (Å²) in [5, 5.41) is 21.9. The van der Waals surface area contributed by atoms with Crippen LogP contribution in [0, 0.1) is 6.92 Å². The lowest BCUT2D eigenvalue weighted by Crippen LogP contribution is -2.63. The third-order valence-corrected chi connectivity index (χ3v) is 6.35. The number of hydrogen-bond acceptors (Lipinski definition) is 9. The van der Waals surface area contributed by atoms with Gasteiger partial charge in [0, 0.05) is 29.7 Å². The van der Waals surface area contributed by atoms with Crippen LogP contribution in [0.1, 0.15) is 18.3 Å². The zero-order valence-electron chi connectivity index (χ0n) is 20.6. The lowest BCUT2D eigenvalue weighted by Gasteiger charge is -2.40. The largest absolute Gasteiger partial charge is 0.433 e. The molecule has 15 heteroatoms. The predicted octanol–water partition coefficient (Wildman–Crippen LogP) is 2.44. The molecule has 0 bridgehead atoms. The number of fused-ring (bicyclic) bond motifs is 1. The summed E-state index contributed by atoms with van der Waals surface area (Å²) >= 11 is 0. The van der Waals surface area contributed by atoms with Gasteiger partial charge in [-0.25, -0.2) is 4.68 Å². The first kappa shape index (κ1) is 26.1. The maximum Gasteiger partial charge on any atom is 0.433 e. The van der Waals surface area contributed by atoms with Gasteiger partial charge in [-0.3, -0.25) is 19.5 Å². The smallest absolute Gasteiger partial charge is 0.380 e. The molecule has 204 valence electrons. The van der Waals surface area contributed by atoms with Crippen molar-refractivity contribution < 1.29 is 37.1 Å². The molecule has 3 aromatic heterocycles. The summed E-state index contributed by atoms with van der Waals surface area (Å²) in [6.07, 6.45) is -5.56. The van der Waals surface area contributed by atoms with Crippen molar-refractivity contribution in [3.63, 3.8) is 0 Å². The molecule has 1 aliphatic heterocycles. The second-order valence-corrected chi connectivity index (χ2v) is 9.04. The number of rotatable bonds is 5. The molecule has 2 amide bonds. The number of aliphatic hydroxyl groups is 1.